The van der Waals surface area contributed by atoms with Crippen molar-refractivity contribution >= 4 is 17.8 Å². The Hall–Kier alpha value is -3.15. The molecule has 1 aromatic heterocycles. The predicted molar refractivity (Wildman–Crippen MR) is 89.1 cm³/mol. The standard InChI is InChI=1S/C18H17NO5/c1-12-6-8-15(18(22)19-12)16(20)9-7-13-4-3-5-14(10-13)24-11-17(21)23-2/h3-10H,11H2,1-2H3,(H,19,22)/b9-7+. The van der Waals surface area contributed by atoms with Crippen molar-refractivity contribution in [3.8, 4) is 5.75 Å². The molecule has 0 amide bonds. The molecule has 0 spiro atoms. The fourth-order valence-corrected chi connectivity index (χ4v) is 1.94. The number of rotatable bonds is 6. The van der Waals surface area contributed by atoms with Crippen molar-refractivity contribution in [1.29, 1.82) is 0 Å². The zero-order valence-electron chi connectivity index (χ0n) is 13.4. The summed E-state index contributed by atoms with van der Waals surface area (Å²) in [6.45, 7) is 1.55. The zero-order valence-corrected chi connectivity index (χ0v) is 13.4. The third kappa shape index (κ3) is 4.67. The molecule has 0 radical (unpaired) electrons. The summed E-state index contributed by atoms with van der Waals surface area (Å²) in [6, 6.07) is 10.0. The number of benzene rings is 1. The molecule has 0 saturated carbocycles. The number of hydrogen-bond donors (Lipinski definition) is 1. The van der Waals surface area contributed by atoms with E-state index >= 15 is 0 Å². The summed E-state index contributed by atoms with van der Waals surface area (Å²) in [5, 5.41) is 0. The number of carbonyl (C=O) groups is 2. The maximum atomic E-state index is 12.1. The number of esters is 1. The van der Waals surface area contributed by atoms with Gasteiger partial charge in [0.15, 0.2) is 12.4 Å². The number of hydrogen-bond acceptors (Lipinski definition) is 5. The molecule has 2 rings (SSSR count). The molecule has 1 heterocycles. The molecule has 0 aliphatic carbocycles. The van der Waals surface area contributed by atoms with Crippen LogP contribution in [0.15, 0.2) is 47.3 Å². The highest BCUT2D eigenvalue weighted by molar-refractivity contribution is 6.06. The van der Waals surface area contributed by atoms with Crippen molar-refractivity contribution in [3.05, 3.63) is 69.6 Å². The molecule has 0 bridgehead atoms. The Morgan fingerprint density at radius 2 is 2.00 bits per heavy atom. The maximum Gasteiger partial charge on any atom is 0.343 e. The van der Waals surface area contributed by atoms with Crippen LogP contribution in [-0.4, -0.2) is 30.5 Å². The van der Waals surface area contributed by atoms with E-state index in [1.54, 1.807) is 43.3 Å². The molecule has 1 aromatic carbocycles. The van der Waals surface area contributed by atoms with Gasteiger partial charge in [-0.1, -0.05) is 18.2 Å². The third-order valence-electron chi connectivity index (χ3n) is 3.19. The van der Waals surface area contributed by atoms with Crippen LogP contribution in [0.3, 0.4) is 0 Å². The SMILES string of the molecule is COC(=O)COc1cccc(/C=C/C(=O)c2ccc(C)[nH]c2=O)c1. The molecule has 0 saturated heterocycles. The Bertz CT molecular complexity index is 835. The van der Waals surface area contributed by atoms with Gasteiger partial charge in [0.1, 0.15) is 5.75 Å². The van der Waals surface area contributed by atoms with Gasteiger partial charge >= 0.3 is 5.97 Å². The summed E-state index contributed by atoms with van der Waals surface area (Å²) in [7, 11) is 1.28. The fourth-order valence-electron chi connectivity index (χ4n) is 1.94. The average molecular weight is 327 g/mol. The van der Waals surface area contributed by atoms with E-state index in [9.17, 15) is 14.4 Å². The summed E-state index contributed by atoms with van der Waals surface area (Å²) in [4.78, 5) is 37.5. The van der Waals surface area contributed by atoms with Gasteiger partial charge in [0, 0.05) is 5.69 Å². The smallest absolute Gasteiger partial charge is 0.343 e. The van der Waals surface area contributed by atoms with Gasteiger partial charge in [-0.2, -0.15) is 0 Å². The minimum Gasteiger partial charge on any atom is -0.482 e. The monoisotopic (exact) mass is 327 g/mol. The summed E-state index contributed by atoms with van der Waals surface area (Å²) in [5.74, 6) is -0.398. The lowest BCUT2D eigenvalue weighted by atomic mass is 10.1. The quantitative estimate of drug-likeness (QED) is 0.499. The van der Waals surface area contributed by atoms with Crippen LogP contribution < -0.4 is 10.3 Å². The molecule has 0 unspecified atom stereocenters. The molecule has 6 nitrogen and oxygen atoms in total. The molecule has 0 fully saturated rings. The van der Waals surface area contributed by atoms with Crippen molar-refractivity contribution in [3.63, 3.8) is 0 Å². The normalized spacial score (nSPS) is 10.6. The molecule has 0 atom stereocenters. The fraction of sp³-hybridized carbons (Fsp3) is 0.167. The second-order valence-corrected chi connectivity index (χ2v) is 5.02. The van der Waals surface area contributed by atoms with Crippen molar-refractivity contribution in [1.82, 2.24) is 4.98 Å². The highest BCUT2D eigenvalue weighted by Gasteiger charge is 2.07. The van der Waals surface area contributed by atoms with Gasteiger partial charge in [-0.25, -0.2) is 4.79 Å². The van der Waals surface area contributed by atoms with Crippen LogP contribution in [0.1, 0.15) is 21.6 Å². The first-order valence-corrected chi connectivity index (χ1v) is 7.21. The Kier molecular flexibility index (Phi) is 5.68. The topological polar surface area (TPSA) is 85.5 Å². The van der Waals surface area contributed by atoms with Crippen LogP contribution in [0.2, 0.25) is 0 Å². The van der Waals surface area contributed by atoms with Gasteiger partial charge in [-0.15, -0.1) is 0 Å². The van der Waals surface area contributed by atoms with Crippen molar-refractivity contribution < 1.29 is 19.1 Å². The van der Waals surface area contributed by atoms with E-state index in [0.717, 1.165) is 0 Å². The molecule has 6 heteroatoms. The van der Waals surface area contributed by atoms with Crippen LogP contribution in [0.4, 0.5) is 0 Å². The highest BCUT2D eigenvalue weighted by atomic mass is 16.6. The molecule has 24 heavy (non-hydrogen) atoms. The van der Waals surface area contributed by atoms with Gasteiger partial charge in [0.25, 0.3) is 5.56 Å². The van der Waals surface area contributed by atoms with Crippen LogP contribution in [0, 0.1) is 6.92 Å². The van der Waals surface area contributed by atoms with E-state index in [-0.39, 0.29) is 12.2 Å². The second kappa shape index (κ2) is 7.92. The van der Waals surface area contributed by atoms with E-state index in [0.29, 0.717) is 17.0 Å². The van der Waals surface area contributed by atoms with Crippen LogP contribution >= 0.6 is 0 Å². The summed E-state index contributed by atoms with van der Waals surface area (Å²) in [5.41, 5.74) is 1.06. The van der Waals surface area contributed by atoms with E-state index in [1.165, 1.54) is 19.3 Å². The van der Waals surface area contributed by atoms with Crippen LogP contribution in [-0.2, 0) is 9.53 Å². The largest absolute Gasteiger partial charge is 0.482 e. The van der Waals surface area contributed by atoms with Gasteiger partial charge in [0.05, 0.1) is 12.7 Å². The Morgan fingerprint density at radius 3 is 2.71 bits per heavy atom. The second-order valence-electron chi connectivity index (χ2n) is 5.02. The summed E-state index contributed by atoms with van der Waals surface area (Å²) < 4.78 is 9.77. The first-order chi connectivity index (χ1) is 11.5. The van der Waals surface area contributed by atoms with Crippen LogP contribution in [0.5, 0.6) is 5.75 Å². The first-order valence-electron chi connectivity index (χ1n) is 7.21. The minimum absolute atomic E-state index is 0.0787. The zero-order chi connectivity index (χ0) is 17.5. The lowest BCUT2D eigenvalue weighted by Crippen LogP contribution is -2.16. The average Bonchev–Trinajstić information content (AvgIpc) is 2.58. The van der Waals surface area contributed by atoms with Gasteiger partial charge in [-0.3, -0.25) is 9.59 Å². The van der Waals surface area contributed by atoms with Crippen LogP contribution in [0.25, 0.3) is 6.08 Å². The van der Waals surface area contributed by atoms with Crippen molar-refractivity contribution in [2.75, 3.05) is 13.7 Å². The number of aromatic amines is 1. The number of pyridine rings is 1. The molecular weight excluding hydrogens is 310 g/mol. The lowest BCUT2D eigenvalue weighted by Gasteiger charge is -2.05. The van der Waals surface area contributed by atoms with Gasteiger partial charge < -0.3 is 14.5 Å². The number of nitrogens with one attached hydrogen (secondary N) is 1. The first kappa shape index (κ1) is 17.2. The number of H-pyrrole nitrogens is 1. The Morgan fingerprint density at radius 1 is 1.21 bits per heavy atom. The van der Waals surface area contributed by atoms with E-state index in [1.807, 2.05) is 0 Å². The molecule has 124 valence electrons. The van der Waals surface area contributed by atoms with Gasteiger partial charge in [-0.05, 0) is 42.8 Å². The van der Waals surface area contributed by atoms with E-state index in [4.69, 9.17) is 4.74 Å². The number of ketones is 1. The van der Waals surface area contributed by atoms with Crippen molar-refractivity contribution in [2.24, 2.45) is 0 Å². The highest BCUT2D eigenvalue weighted by Crippen LogP contribution is 2.14. The van der Waals surface area contributed by atoms with E-state index < -0.39 is 17.3 Å². The predicted octanol–water partition coefficient (Wildman–Crippen LogP) is 2.13. The maximum absolute atomic E-state index is 12.1. The third-order valence-corrected chi connectivity index (χ3v) is 3.19. The summed E-state index contributed by atoms with van der Waals surface area (Å²) in [6.07, 6.45) is 2.89. The Balaban J connectivity index is 2.09. The van der Waals surface area contributed by atoms with E-state index in [2.05, 4.69) is 9.72 Å². The Labute approximate surface area is 138 Å². The number of aromatic nitrogens is 1. The molecular formula is C18H17NO5. The summed E-state index contributed by atoms with van der Waals surface area (Å²) >= 11 is 0. The number of ether oxygens (including phenoxy) is 2. The number of methoxy groups -OCH3 is 1. The molecule has 2 aromatic rings. The van der Waals surface area contributed by atoms with Gasteiger partial charge in [0.2, 0.25) is 0 Å². The minimum atomic E-state index is -0.482. The molecule has 0 aliphatic heterocycles. The number of aryl methyl sites for hydroxylation is 1. The lowest BCUT2D eigenvalue weighted by molar-refractivity contribution is -0.142. The molecule has 0 aliphatic rings. The number of allylic oxidation sites excluding steroid dienone is 1. The molecule has 1 N–H and O–H groups in total. The number of carbonyl (C=O) groups excluding carboxylic acids is 2. The van der Waals surface area contributed by atoms with Crippen molar-refractivity contribution in [2.45, 2.75) is 6.92 Å².